The van der Waals surface area contributed by atoms with E-state index in [0.717, 1.165) is 31.7 Å². The van der Waals surface area contributed by atoms with Crippen LogP contribution in [0.25, 0.3) is 17.0 Å². The molecule has 0 aliphatic heterocycles. The summed E-state index contributed by atoms with van der Waals surface area (Å²) in [5.74, 6) is 0. The fourth-order valence-corrected chi connectivity index (χ4v) is 2.32. The topological polar surface area (TPSA) is 31.2 Å². The molecule has 5 heteroatoms. The van der Waals surface area contributed by atoms with E-state index in [9.17, 15) is 4.79 Å². The highest BCUT2D eigenvalue weighted by Gasteiger charge is 2.09. The van der Waals surface area contributed by atoms with Crippen molar-refractivity contribution in [2.75, 3.05) is 7.11 Å². The predicted octanol–water partition coefficient (Wildman–Crippen LogP) is 3.44. The Hall–Kier alpha value is -1.07. The lowest BCUT2D eigenvalue weighted by Crippen LogP contribution is -2.02. The van der Waals surface area contributed by atoms with Crippen molar-refractivity contribution in [2.45, 2.75) is 0 Å². The van der Waals surface area contributed by atoms with Crippen molar-refractivity contribution in [1.82, 2.24) is 4.73 Å². The van der Waals surface area contributed by atoms with Crippen LogP contribution < -0.4 is 4.84 Å². The Morgan fingerprint density at radius 3 is 2.65 bits per heavy atom. The number of nitrogens with zero attached hydrogens (tertiary/aromatic N) is 1. The van der Waals surface area contributed by atoms with Crippen LogP contribution in [-0.2, 0) is 4.79 Å². The molecule has 1 aromatic carbocycles. The summed E-state index contributed by atoms with van der Waals surface area (Å²) in [5, 5.41) is 1.01. The van der Waals surface area contributed by atoms with E-state index in [0.29, 0.717) is 0 Å². The van der Waals surface area contributed by atoms with E-state index < -0.39 is 0 Å². The molecule has 2 rings (SSSR count). The van der Waals surface area contributed by atoms with Gasteiger partial charge >= 0.3 is 0 Å². The van der Waals surface area contributed by atoms with Crippen LogP contribution in [0.4, 0.5) is 0 Å². The van der Waals surface area contributed by atoms with Gasteiger partial charge in [0.15, 0.2) is 0 Å². The minimum absolute atomic E-state index is 0.754. The number of carbonyl (C=O) groups is 1. The van der Waals surface area contributed by atoms with Gasteiger partial charge in [-0.2, -0.15) is 4.73 Å². The Morgan fingerprint density at radius 2 is 2.00 bits per heavy atom. The second-order valence-corrected chi connectivity index (χ2v) is 5.08. The Balaban J connectivity index is 2.73. The highest BCUT2D eigenvalue weighted by molar-refractivity contribution is 9.13. The molecule has 1 aromatic heterocycles. The van der Waals surface area contributed by atoms with E-state index >= 15 is 0 Å². The molecule has 0 amide bonds. The molecule has 0 fully saturated rings. The van der Waals surface area contributed by atoms with Crippen LogP contribution in [0.2, 0.25) is 0 Å². The predicted molar refractivity (Wildman–Crippen MR) is 74.9 cm³/mol. The summed E-state index contributed by atoms with van der Waals surface area (Å²) < 4.78 is 3.57. The third-order valence-corrected chi connectivity index (χ3v) is 4.24. The Kier molecular flexibility index (Phi) is 3.69. The van der Waals surface area contributed by atoms with Gasteiger partial charge in [0.05, 0.1) is 11.7 Å². The van der Waals surface area contributed by atoms with Gasteiger partial charge in [-0.1, -0.05) is 0 Å². The SMILES string of the molecule is COn1cc(/C=C/C=O)c2cc(Br)c(Br)cc21. The summed E-state index contributed by atoms with van der Waals surface area (Å²) in [6, 6.07) is 3.95. The number of hydrogen-bond acceptors (Lipinski definition) is 2. The molecular weight excluding hydrogens is 350 g/mol. The zero-order chi connectivity index (χ0) is 12.4. The number of allylic oxidation sites excluding steroid dienone is 1. The van der Waals surface area contributed by atoms with E-state index in [2.05, 4.69) is 31.9 Å². The largest absolute Gasteiger partial charge is 0.417 e. The molecule has 1 heterocycles. The third-order valence-electron chi connectivity index (χ3n) is 2.39. The maximum Gasteiger partial charge on any atom is 0.142 e. The van der Waals surface area contributed by atoms with Crippen LogP contribution >= 0.6 is 31.9 Å². The van der Waals surface area contributed by atoms with Gasteiger partial charge in [-0.15, -0.1) is 0 Å². The summed E-state index contributed by atoms with van der Waals surface area (Å²) in [7, 11) is 1.60. The summed E-state index contributed by atoms with van der Waals surface area (Å²) >= 11 is 6.91. The van der Waals surface area contributed by atoms with Gasteiger partial charge in [-0.25, -0.2) is 0 Å². The number of carbonyl (C=O) groups excluding carboxylic acids is 1. The van der Waals surface area contributed by atoms with Gasteiger partial charge in [-0.3, -0.25) is 4.79 Å². The zero-order valence-electron chi connectivity index (χ0n) is 8.98. The van der Waals surface area contributed by atoms with E-state index in [-0.39, 0.29) is 0 Å². The number of rotatable bonds is 3. The zero-order valence-corrected chi connectivity index (χ0v) is 12.2. The quantitative estimate of drug-likeness (QED) is 0.621. The number of halogens is 2. The summed E-state index contributed by atoms with van der Waals surface area (Å²) in [6.45, 7) is 0. The van der Waals surface area contributed by atoms with Crippen LogP contribution in [0.5, 0.6) is 0 Å². The van der Waals surface area contributed by atoms with Gasteiger partial charge in [0, 0.05) is 19.9 Å². The van der Waals surface area contributed by atoms with Crippen LogP contribution in [0.3, 0.4) is 0 Å². The highest BCUT2D eigenvalue weighted by atomic mass is 79.9. The van der Waals surface area contributed by atoms with Crippen LogP contribution in [0, 0.1) is 0 Å². The Labute approximate surface area is 115 Å². The number of hydrogen-bond donors (Lipinski definition) is 0. The van der Waals surface area contributed by atoms with Gasteiger partial charge in [0.1, 0.15) is 13.4 Å². The maximum absolute atomic E-state index is 10.4. The van der Waals surface area contributed by atoms with Crippen molar-refractivity contribution in [2.24, 2.45) is 0 Å². The first-order chi connectivity index (χ1) is 8.17. The second kappa shape index (κ2) is 5.06. The molecule has 0 N–H and O–H groups in total. The number of aldehydes is 1. The lowest BCUT2D eigenvalue weighted by molar-refractivity contribution is -0.104. The molecular formula is C12H9Br2NO2. The molecule has 0 aliphatic carbocycles. The second-order valence-electron chi connectivity index (χ2n) is 3.37. The Morgan fingerprint density at radius 1 is 1.29 bits per heavy atom. The fourth-order valence-electron chi connectivity index (χ4n) is 1.64. The van der Waals surface area contributed by atoms with E-state index in [1.807, 2.05) is 18.3 Å². The minimum Gasteiger partial charge on any atom is -0.417 e. The fraction of sp³-hybridized carbons (Fsp3) is 0.0833. The summed E-state index contributed by atoms with van der Waals surface area (Å²) in [5.41, 5.74) is 1.87. The molecule has 0 bridgehead atoms. The summed E-state index contributed by atoms with van der Waals surface area (Å²) in [4.78, 5) is 15.6. The van der Waals surface area contributed by atoms with Gasteiger partial charge in [-0.05, 0) is 56.1 Å². The van der Waals surface area contributed by atoms with E-state index in [4.69, 9.17) is 4.84 Å². The third kappa shape index (κ3) is 2.30. The normalized spacial score (nSPS) is 11.2. The monoisotopic (exact) mass is 357 g/mol. The molecule has 0 radical (unpaired) electrons. The average Bonchev–Trinajstić information content (AvgIpc) is 2.65. The van der Waals surface area contributed by atoms with Crippen LogP contribution in [0.1, 0.15) is 5.56 Å². The number of aromatic nitrogens is 1. The number of benzene rings is 1. The lowest BCUT2D eigenvalue weighted by Gasteiger charge is -2.03. The molecule has 0 aliphatic rings. The van der Waals surface area contributed by atoms with Crippen LogP contribution in [-0.4, -0.2) is 18.1 Å². The van der Waals surface area contributed by atoms with Crippen LogP contribution in [0.15, 0.2) is 33.4 Å². The van der Waals surface area contributed by atoms with Crippen molar-refractivity contribution in [3.05, 3.63) is 38.9 Å². The van der Waals surface area contributed by atoms with Crippen molar-refractivity contribution >= 4 is 55.1 Å². The lowest BCUT2D eigenvalue weighted by atomic mass is 10.1. The molecule has 88 valence electrons. The summed E-state index contributed by atoms with van der Waals surface area (Å²) in [6.07, 6.45) is 5.81. The smallest absolute Gasteiger partial charge is 0.142 e. The van der Waals surface area contributed by atoms with Crippen molar-refractivity contribution < 1.29 is 9.63 Å². The first kappa shape index (κ1) is 12.4. The van der Waals surface area contributed by atoms with Gasteiger partial charge in [0.2, 0.25) is 0 Å². The standard InChI is InChI=1S/C12H9Br2NO2/c1-17-15-7-8(3-2-4-16)9-5-10(13)11(14)6-12(9)15/h2-7H,1H3/b3-2+. The average molecular weight is 359 g/mol. The molecule has 2 aromatic rings. The molecule has 0 atom stereocenters. The van der Waals surface area contributed by atoms with Crippen molar-refractivity contribution in [3.8, 4) is 0 Å². The maximum atomic E-state index is 10.4. The molecule has 3 nitrogen and oxygen atoms in total. The number of fused-ring (bicyclic) bond motifs is 1. The first-order valence-corrected chi connectivity index (χ1v) is 6.42. The van der Waals surface area contributed by atoms with Crippen molar-refractivity contribution in [1.29, 1.82) is 0 Å². The van der Waals surface area contributed by atoms with E-state index in [1.165, 1.54) is 6.08 Å². The van der Waals surface area contributed by atoms with Gasteiger partial charge in [0.25, 0.3) is 0 Å². The molecule has 0 saturated carbocycles. The Bertz CT molecular complexity index is 602. The van der Waals surface area contributed by atoms with Crippen molar-refractivity contribution in [3.63, 3.8) is 0 Å². The molecule has 0 saturated heterocycles. The highest BCUT2D eigenvalue weighted by Crippen LogP contribution is 2.31. The van der Waals surface area contributed by atoms with Gasteiger partial charge < -0.3 is 4.84 Å². The molecule has 0 unspecified atom stereocenters. The molecule has 17 heavy (non-hydrogen) atoms. The molecule has 0 spiro atoms. The first-order valence-electron chi connectivity index (χ1n) is 4.84. The van der Waals surface area contributed by atoms with E-state index in [1.54, 1.807) is 17.9 Å². The minimum atomic E-state index is 0.754.